The number of halogens is 1. The SMILES string of the molecule is CC(C)[C@H](NC(=O)CN1C(=O)c2ccc(Br)cc2C1=O)C(=O)O. The van der Waals surface area contributed by atoms with Crippen molar-refractivity contribution in [1.82, 2.24) is 10.2 Å². The monoisotopic (exact) mass is 382 g/mol. The number of carbonyl (C=O) groups excluding carboxylic acids is 3. The van der Waals surface area contributed by atoms with Crippen LogP contribution in [0.3, 0.4) is 0 Å². The average molecular weight is 383 g/mol. The molecule has 7 nitrogen and oxygen atoms in total. The third-order valence-electron chi connectivity index (χ3n) is 3.48. The maximum atomic E-state index is 12.2. The topological polar surface area (TPSA) is 104 Å². The number of hydrogen-bond acceptors (Lipinski definition) is 4. The minimum Gasteiger partial charge on any atom is -0.480 e. The third kappa shape index (κ3) is 3.42. The average Bonchev–Trinajstić information content (AvgIpc) is 2.69. The summed E-state index contributed by atoms with van der Waals surface area (Å²) in [4.78, 5) is 48.3. The molecule has 0 aliphatic carbocycles. The molecule has 0 radical (unpaired) electrons. The van der Waals surface area contributed by atoms with Crippen LogP contribution >= 0.6 is 15.9 Å². The van der Waals surface area contributed by atoms with Crippen molar-refractivity contribution in [2.45, 2.75) is 19.9 Å². The number of carboxylic acids is 1. The maximum absolute atomic E-state index is 12.2. The zero-order valence-electron chi connectivity index (χ0n) is 12.5. The first-order valence-corrected chi connectivity index (χ1v) is 7.69. The zero-order valence-corrected chi connectivity index (χ0v) is 14.1. The number of nitrogens with one attached hydrogen (secondary N) is 1. The summed E-state index contributed by atoms with van der Waals surface area (Å²) in [5, 5.41) is 11.4. The van der Waals surface area contributed by atoms with Crippen molar-refractivity contribution in [3.8, 4) is 0 Å². The summed E-state index contributed by atoms with van der Waals surface area (Å²) in [5.74, 6) is -3.32. The molecule has 0 unspecified atom stereocenters. The van der Waals surface area contributed by atoms with E-state index in [1.807, 2.05) is 0 Å². The van der Waals surface area contributed by atoms with Gasteiger partial charge >= 0.3 is 5.97 Å². The number of aliphatic carboxylic acids is 1. The van der Waals surface area contributed by atoms with Gasteiger partial charge in [-0.05, 0) is 24.1 Å². The van der Waals surface area contributed by atoms with E-state index in [1.165, 1.54) is 12.1 Å². The largest absolute Gasteiger partial charge is 0.480 e. The van der Waals surface area contributed by atoms with E-state index < -0.39 is 36.3 Å². The fourth-order valence-corrected chi connectivity index (χ4v) is 2.64. The highest BCUT2D eigenvalue weighted by molar-refractivity contribution is 9.10. The molecule has 1 atom stereocenters. The van der Waals surface area contributed by atoms with Crippen LogP contribution in [0.5, 0.6) is 0 Å². The number of carboxylic acid groups (broad SMARTS) is 1. The van der Waals surface area contributed by atoms with Gasteiger partial charge in [0.25, 0.3) is 11.8 Å². The van der Waals surface area contributed by atoms with Crippen LogP contribution in [0.4, 0.5) is 0 Å². The summed E-state index contributed by atoms with van der Waals surface area (Å²) in [5.41, 5.74) is 0.445. The standard InChI is InChI=1S/C15H15BrN2O5/c1-7(2)12(15(22)23)17-11(19)6-18-13(20)9-4-3-8(16)5-10(9)14(18)21/h3-5,7,12H,6H2,1-2H3,(H,17,19)(H,22,23)/t12-/m0/s1. The summed E-state index contributed by atoms with van der Waals surface area (Å²) in [7, 11) is 0. The van der Waals surface area contributed by atoms with E-state index in [4.69, 9.17) is 5.11 Å². The van der Waals surface area contributed by atoms with Crippen LogP contribution in [0.15, 0.2) is 22.7 Å². The lowest BCUT2D eigenvalue weighted by Crippen LogP contribution is -2.49. The predicted octanol–water partition coefficient (Wildman–Crippen LogP) is 1.27. The van der Waals surface area contributed by atoms with Crippen molar-refractivity contribution in [2.24, 2.45) is 5.92 Å². The molecule has 0 spiro atoms. The van der Waals surface area contributed by atoms with Gasteiger partial charge in [0.05, 0.1) is 11.1 Å². The highest BCUT2D eigenvalue weighted by atomic mass is 79.9. The van der Waals surface area contributed by atoms with Gasteiger partial charge in [-0.1, -0.05) is 29.8 Å². The van der Waals surface area contributed by atoms with Gasteiger partial charge in [0.1, 0.15) is 12.6 Å². The van der Waals surface area contributed by atoms with E-state index in [2.05, 4.69) is 21.2 Å². The van der Waals surface area contributed by atoms with E-state index in [0.717, 1.165) is 4.90 Å². The molecule has 2 rings (SSSR count). The van der Waals surface area contributed by atoms with Crippen molar-refractivity contribution >= 4 is 39.6 Å². The Bertz CT molecular complexity index is 701. The fourth-order valence-electron chi connectivity index (χ4n) is 2.28. The van der Waals surface area contributed by atoms with Gasteiger partial charge in [-0.2, -0.15) is 0 Å². The lowest BCUT2D eigenvalue weighted by molar-refractivity contribution is -0.143. The highest BCUT2D eigenvalue weighted by Gasteiger charge is 2.37. The smallest absolute Gasteiger partial charge is 0.326 e. The number of fused-ring (bicyclic) bond motifs is 1. The predicted molar refractivity (Wildman–Crippen MR) is 83.9 cm³/mol. The van der Waals surface area contributed by atoms with E-state index in [1.54, 1.807) is 19.9 Å². The van der Waals surface area contributed by atoms with Crippen LogP contribution in [0, 0.1) is 5.92 Å². The molecule has 0 aromatic heterocycles. The molecular formula is C15H15BrN2O5. The summed E-state index contributed by atoms with van der Waals surface area (Å²) >= 11 is 3.22. The van der Waals surface area contributed by atoms with Crippen molar-refractivity contribution < 1.29 is 24.3 Å². The van der Waals surface area contributed by atoms with Crippen LogP contribution in [-0.4, -0.2) is 46.3 Å². The second kappa shape index (κ2) is 6.49. The Hall–Kier alpha value is -2.22. The van der Waals surface area contributed by atoms with Gasteiger partial charge in [-0.25, -0.2) is 4.79 Å². The van der Waals surface area contributed by atoms with Crippen LogP contribution in [0.25, 0.3) is 0 Å². The van der Waals surface area contributed by atoms with Crippen LogP contribution in [0.1, 0.15) is 34.6 Å². The maximum Gasteiger partial charge on any atom is 0.326 e. The Labute approximate surface area is 140 Å². The number of carbonyl (C=O) groups is 4. The van der Waals surface area contributed by atoms with E-state index >= 15 is 0 Å². The van der Waals surface area contributed by atoms with Crippen LogP contribution in [0.2, 0.25) is 0 Å². The molecule has 23 heavy (non-hydrogen) atoms. The van der Waals surface area contributed by atoms with Crippen LogP contribution in [-0.2, 0) is 9.59 Å². The molecule has 1 aliphatic rings. The summed E-state index contributed by atoms with van der Waals surface area (Å²) in [6, 6.07) is 3.58. The minimum atomic E-state index is -1.17. The minimum absolute atomic E-state index is 0.218. The van der Waals surface area contributed by atoms with Crippen molar-refractivity contribution in [3.05, 3.63) is 33.8 Å². The molecule has 1 aromatic carbocycles. The number of imide groups is 1. The van der Waals surface area contributed by atoms with Gasteiger partial charge < -0.3 is 10.4 Å². The quantitative estimate of drug-likeness (QED) is 0.746. The molecule has 0 saturated carbocycles. The third-order valence-corrected chi connectivity index (χ3v) is 3.98. The lowest BCUT2D eigenvalue weighted by atomic mass is 10.0. The number of hydrogen-bond donors (Lipinski definition) is 2. The highest BCUT2D eigenvalue weighted by Crippen LogP contribution is 2.25. The summed E-state index contributed by atoms with van der Waals surface area (Å²) < 4.78 is 0.648. The van der Waals surface area contributed by atoms with Gasteiger partial charge in [0.2, 0.25) is 5.91 Å². The Morgan fingerprint density at radius 3 is 2.39 bits per heavy atom. The molecular weight excluding hydrogens is 368 g/mol. The molecule has 8 heteroatoms. The molecule has 122 valence electrons. The van der Waals surface area contributed by atoms with Gasteiger partial charge in [-0.15, -0.1) is 0 Å². The molecule has 0 fully saturated rings. The lowest BCUT2D eigenvalue weighted by Gasteiger charge is -2.20. The second-order valence-electron chi connectivity index (χ2n) is 5.51. The van der Waals surface area contributed by atoms with Gasteiger partial charge in [-0.3, -0.25) is 19.3 Å². The first-order chi connectivity index (χ1) is 10.7. The van der Waals surface area contributed by atoms with E-state index in [-0.39, 0.29) is 17.0 Å². The summed E-state index contributed by atoms with van der Waals surface area (Å²) in [6.07, 6.45) is 0. The molecule has 0 saturated heterocycles. The first kappa shape index (κ1) is 17.1. The molecule has 3 amide bonds. The number of amides is 3. The Morgan fingerprint density at radius 2 is 1.83 bits per heavy atom. The Kier molecular flexibility index (Phi) is 4.84. The van der Waals surface area contributed by atoms with E-state index in [0.29, 0.717) is 4.47 Å². The number of benzene rings is 1. The molecule has 1 heterocycles. The van der Waals surface area contributed by atoms with Gasteiger partial charge in [0, 0.05) is 4.47 Å². The Balaban J connectivity index is 2.13. The zero-order chi connectivity index (χ0) is 17.3. The molecule has 1 aliphatic heterocycles. The van der Waals surface area contributed by atoms with Crippen LogP contribution < -0.4 is 5.32 Å². The fraction of sp³-hybridized carbons (Fsp3) is 0.333. The van der Waals surface area contributed by atoms with Crippen molar-refractivity contribution in [1.29, 1.82) is 0 Å². The molecule has 1 aromatic rings. The van der Waals surface area contributed by atoms with Crippen molar-refractivity contribution in [2.75, 3.05) is 6.54 Å². The molecule has 2 N–H and O–H groups in total. The summed E-state index contributed by atoms with van der Waals surface area (Å²) in [6.45, 7) is 2.79. The second-order valence-corrected chi connectivity index (χ2v) is 6.43. The van der Waals surface area contributed by atoms with E-state index in [9.17, 15) is 19.2 Å². The Morgan fingerprint density at radius 1 is 1.22 bits per heavy atom. The van der Waals surface area contributed by atoms with Gasteiger partial charge in [0.15, 0.2) is 0 Å². The normalized spacial score (nSPS) is 14.9. The number of nitrogens with zero attached hydrogens (tertiary/aromatic N) is 1. The first-order valence-electron chi connectivity index (χ1n) is 6.90. The van der Waals surface area contributed by atoms with Crippen molar-refractivity contribution in [3.63, 3.8) is 0 Å². The molecule has 0 bridgehead atoms. The number of rotatable bonds is 5.